The largest absolute Gasteiger partial charge is 0.381 e. The molecule has 41 heavy (non-hydrogen) atoms. The number of nitrogens with zero attached hydrogens (tertiary/aromatic N) is 5. The number of piperidine rings is 2. The van der Waals surface area contributed by atoms with Crippen molar-refractivity contribution >= 4 is 23.3 Å². The minimum Gasteiger partial charge on any atom is -0.381 e. The second-order valence-corrected chi connectivity index (χ2v) is 12.8. The molecule has 2 unspecified atom stereocenters. The molecule has 2 amide bonds. The van der Waals surface area contributed by atoms with Crippen LogP contribution in [-0.4, -0.2) is 85.6 Å². The van der Waals surface area contributed by atoms with Crippen LogP contribution >= 0.6 is 0 Å². The van der Waals surface area contributed by atoms with Crippen LogP contribution in [0.2, 0.25) is 0 Å². The van der Waals surface area contributed by atoms with E-state index in [2.05, 4.69) is 30.5 Å². The first-order chi connectivity index (χ1) is 19.8. The fourth-order valence-corrected chi connectivity index (χ4v) is 8.52. The summed E-state index contributed by atoms with van der Waals surface area (Å²) in [6, 6.07) is 0.0390. The highest BCUT2D eigenvalue weighted by Gasteiger charge is 2.51. The Morgan fingerprint density at radius 1 is 1.02 bits per heavy atom. The molecule has 0 bridgehead atoms. The van der Waals surface area contributed by atoms with Crippen molar-refractivity contribution in [2.75, 3.05) is 31.9 Å². The minimum atomic E-state index is -0.540. The van der Waals surface area contributed by atoms with Gasteiger partial charge in [-0.1, -0.05) is 38.5 Å². The van der Waals surface area contributed by atoms with Gasteiger partial charge in [-0.2, -0.15) is 0 Å². The monoisotopic (exact) mass is 568 g/mol. The Bertz CT molecular complexity index is 1260. The van der Waals surface area contributed by atoms with E-state index in [4.69, 9.17) is 5.73 Å². The predicted molar refractivity (Wildman–Crippen MR) is 155 cm³/mol. The van der Waals surface area contributed by atoms with Gasteiger partial charge in [-0.3, -0.25) is 14.5 Å². The third kappa shape index (κ3) is 5.31. The number of halogens is 1. The Labute approximate surface area is 241 Å². The lowest BCUT2D eigenvalue weighted by Crippen LogP contribution is -2.72. The summed E-state index contributed by atoms with van der Waals surface area (Å²) in [7, 11) is 0. The predicted octanol–water partition coefficient (Wildman–Crippen LogP) is 3.26. The normalized spacial score (nSPS) is 27.0. The number of likely N-dealkylation sites (tertiary alicyclic amines) is 2. The third-order valence-electron chi connectivity index (χ3n) is 10.5. The summed E-state index contributed by atoms with van der Waals surface area (Å²) in [5.41, 5.74) is 6.44. The van der Waals surface area contributed by atoms with Crippen LogP contribution in [0.5, 0.6) is 0 Å². The molecule has 6 rings (SSSR count). The number of carbonyl (C=O) groups is 2. The lowest BCUT2D eigenvalue weighted by molar-refractivity contribution is -0.135. The van der Waals surface area contributed by atoms with E-state index in [1.54, 1.807) is 6.92 Å². The molecule has 2 spiro atoms. The van der Waals surface area contributed by atoms with Gasteiger partial charge in [0.1, 0.15) is 5.56 Å². The van der Waals surface area contributed by atoms with Gasteiger partial charge in [0, 0.05) is 43.7 Å². The summed E-state index contributed by atoms with van der Waals surface area (Å²) in [5.74, 6) is -0.606. The molecule has 2 aromatic rings. The van der Waals surface area contributed by atoms with Gasteiger partial charge in [0.05, 0.1) is 18.4 Å². The fourth-order valence-electron chi connectivity index (χ4n) is 8.52. The molecule has 5 heterocycles. The number of amides is 2. The van der Waals surface area contributed by atoms with Crippen LogP contribution in [0.25, 0.3) is 5.65 Å². The molecule has 1 saturated carbocycles. The molecule has 4 fully saturated rings. The van der Waals surface area contributed by atoms with Crippen molar-refractivity contribution in [2.24, 2.45) is 0 Å². The summed E-state index contributed by atoms with van der Waals surface area (Å²) in [6.07, 6.45) is 16.5. The Morgan fingerprint density at radius 2 is 1.73 bits per heavy atom. The van der Waals surface area contributed by atoms with Gasteiger partial charge in [-0.15, -0.1) is 5.10 Å². The van der Waals surface area contributed by atoms with Crippen molar-refractivity contribution in [2.45, 2.75) is 114 Å². The van der Waals surface area contributed by atoms with Gasteiger partial charge in [0.15, 0.2) is 17.3 Å². The molecular weight excluding hydrogens is 523 g/mol. The lowest BCUT2D eigenvalue weighted by Gasteiger charge is -2.55. The van der Waals surface area contributed by atoms with E-state index in [1.165, 1.54) is 36.4 Å². The maximum absolute atomic E-state index is 14.0. The molecular formula is C30H45FN8O2. The minimum absolute atomic E-state index is 0.0175. The molecule has 0 aromatic carbocycles. The van der Waals surface area contributed by atoms with Gasteiger partial charge < -0.3 is 21.3 Å². The Balaban J connectivity index is 1.30. The maximum atomic E-state index is 14.0. The Morgan fingerprint density at radius 3 is 2.44 bits per heavy atom. The average Bonchev–Trinajstić information content (AvgIpc) is 3.53. The first-order valence-electron chi connectivity index (χ1n) is 15.7. The number of fused-ring (bicyclic) bond motifs is 1. The number of hydrogen-bond donors (Lipinski definition) is 3. The van der Waals surface area contributed by atoms with Crippen LogP contribution < -0.4 is 16.4 Å². The molecule has 2 aromatic heterocycles. The SMILES string of the molecule is CC(=O)N1CCCC12CCN(C1CCNC3(CCCCCCCC3)C1NC(=O)c1c(N)nn3cc(F)cnc13)CC2. The topological polar surface area (TPSA) is 121 Å². The van der Waals surface area contributed by atoms with Crippen molar-refractivity contribution < 1.29 is 14.0 Å². The summed E-state index contributed by atoms with van der Waals surface area (Å²) < 4.78 is 15.1. The van der Waals surface area contributed by atoms with Crippen LogP contribution in [0.4, 0.5) is 10.2 Å². The van der Waals surface area contributed by atoms with Crippen molar-refractivity contribution in [1.82, 2.24) is 35.0 Å². The number of rotatable bonds is 3. The highest BCUT2D eigenvalue weighted by atomic mass is 19.1. The Hall–Kier alpha value is -2.79. The van der Waals surface area contributed by atoms with E-state index < -0.39 is 5.82 Å². The molecule has 224 valence electrons. The number of nitrogens with two attached hydrogens (primary N) is 1. The standard InChI is InChI=1S/C30H45FN8O2/c1-21(40)38-16-8-10-29(38)13-17-37(18-14-29)23-9-15-34-30(11-6-4-2-3-5-7-12-30)25(23)35-28(41)24-26(32)36-39-20-22(31)19-33-27(24)39/h19-20,23,25,34H,2-18H2,1H3,(H2,32,36)(H,35,41). The number of hydrogen-bond acceptors (Lipinski definition) is 7. The van der Waals surface area contributed by atoms with Crippen molar-refractivity contribution in [3.05, 3.63) is 23.8 Å². The molecule has 0 radical (unpaired) electrons. The molecule has 3 saturated heterocycles. The Kier molecular flexibility index (Phi) is 7.93. The van der Waals surface area contributed by atoms with Gasteiger partial charge in [0.2, 0.25) is 5.91 Å². The molecule has 3 aliphatic heterocycles. The number of aromatic nitrogens is 3. The zero-order valence-electron chi connectivity index (χ0n) is 24.3. The van der Waals surface area contributed by atoms with Crippen LogP contribution in [0.15, 0.2) is 12.4 Å². The van der Waals surface area contributed by atoms with E-state index in [1.807, 2.05) is 0 Å². The molecule has 11 heteroatoms. The van der Waals surface area contributed by atoms with E-state index >= 15 is 0 Å². The molecule has 10 nitrogen and oxygen atoms in total. The van der Waals surface area contributed by atoms with Crippen molar-refractivity contribution in [1.29, 1.82) is 0 Å². The summed E-state index contributed by atoms with van der Waals surface area (Å²) in [5, 5.41) is 11.6. The number of carbonyl (C=O) groups excluding carboxylic acids is 2. The number of anilines is 1. The van der Waals surface area contributed by atoms with Gasteiger partial charge in [-0.25, -0.2) is 13.9 Å². The van der Waals surface area contributed by atoms with Gasteiger partial charge in [0.25, 0.3) is 5.91 Å². The summed E-state index contributed by atoms with van der Waals surface area (Å²) in [4.78, 5) is 35.3. The first kappa shape index (κ1) is 28.3. The van der Waals surface area contributed by atoms with E-state index in [0.717, 1.165) is 90.2 Å². The van der Waals surface area contributed by atoms with Crippen LogP contribution in [0.3, 0.4) is 0 Å². The zero-order chi connectivity index (χ0) is 28.6. The maximum Gasteiger partial charge on any atom is 0.259 e. The third-order valence-corrected chi connectivity index (χ3v) is 10.5. The number of nitrogens with one attached hydrogen (secondary N) is 2. The fraction of sp³-hybridized carbons (Fsp3) is 0.733. The van der Waals surface area contributed by atoms with Crippen LogP contribution in [-0.2, 0) is 4.79 Å². The van der Waals surface area contributed by atoms with Gasteiger partial charge in [-0.05, 0) is 51.5 Å². The highest BCUT2D eigenvalue weighted by molar-refractivity contribution is 6.04. The first-order valence-corrected chi connectivity index (χ1v) is 15.7. The zero-order valence-corrected chi connectivity index (χ0v) is 24.3. The quantitative estimate of drug-likeness (QED) is 0.520. The molecule has 2 atom stereocenters. The highest BCUT2D eigenvalue weighted by Crippen LogP contribution is 2.41. The molecule has 1 aliphatic carbocycles. The molecule has 4 N–H and O–H groups in total. The van der Waals surface area contributed by atoms with Crippen LogP contribution in [0.1, 0.15) is 101 Å². The van der Waals surface area contributed by atoms with Crippen molar-refractivity contribution in [3.63, 3.8) is 0 Å². The summed E-state index contributed by atoms with van der Waals surface area (Å²) >= 11 is 0. The lowest BCUT2D eigenvalue weighted by atomic mass is 9.72. The summed E-state index contributed by atoms with van der Waals surface area (Å²) in [6.45, 7) is 5.31. The second kappa shape index (κ2) is 11.5. The smallest absolute Gasteiger partial charge is 0.259 e. The van der Waals surface area contributed by atoms with E-state index in [-0.39, 0.29) is 52.0 Å². The van der Waals surface area contributed by atoms with Gasteiger partial charge >= 0.3 is 0 Å². The van der Waals surface area contributed by atoms with Crippen LogP contribution in [0, 0.1) is 5.82 Å². The average molecular weight is 569 g/mol. The van der Waals surface area contributed by atoms with Crippen molar-refractivity contribution in [3.8, 4) is 0 Å². The number of nitrogen functional groups attached to an aromatic ring is 1. The van der Waals surface area contributed by atoms with E-state index in [0.29, 0.717) is 0 Å². The van der Waals surface area contributed by atoms with E-state index in [9.17, 15) is 14.0 Å². The molecule has 4 aliphatic rings. The second-order valence-electron chi connectivity index (χ2n) is 12.8.